The van der Waals surface area contributed by atoms with Crippen LogP contribution < -0.4 is 5.32 Å². The minimum absolute atomic E-state index is 0.0914. The van der Waals surface area contributed by atoms with Crippen molar-refractivity contribution in [2.24, 2.45) is 0 Å². The summed E-state index contributed by atoms with van der Waals surface area (Å²) in [5, 5.41) is 3.19. The smallest absolute Gasteiger partial charge is 0.255 e. The summed E-state index contributed by atoms with van der Waals surface area (Å²) in [5.74, 6) is -0.641. The number of nitrogens with zero attached hydrogens (tertiary/aromatic N) is 2. The van der Waals surface area contributed by atoms with Gasteiger partial charge in [-0.1, -0.05) is 40.9 Å². The van der Waals surface area contributed by atoms with E-state index in [1.807, 2.05) is 32.9 Å². The highest BCUT2D eigenvalue weighted by Crippen LogP contribution is 2.22. The van der Waals surface area contributed by atoms with Gasteiger partial charge in [0.05, 0.1) is 17.1 Å². The van der Waals surface area contributed by atoms with Gasteiger partial charge in [0.25, 0.3) is 5.91 Å². The molecule has 1 aromatic carbocycles. The van der Waals surface area contributed by atoms with Crippen LogP contribution in [0.15, 0.2) is 24.4 Å². The Kier molecular flexibility index (Phi) is 6.03. The van der Waals surface area contributed by atoms with E-state index in [2.05, 4.69) is 10.3 Å². The molecule has 0 bridgehead atoms. The highest BCUT2D eigenvalue weighted by molar-refractivity contribution is 6.41. The molecular formula is C18H19Cl2N3O2. The molecule has 0 saturated carbocycles. The maximum Gasteiger partial charge on any atom is 0.255 e. The zero-order valence-corrected chi connectivity index (χ0v) is 16.0. The van der Waals surface area contributed by atoms with Crippen molar-refractivity contribution in [2.45, 2.75) is 20.8 Å². The third kappa shape index (κ3) is 4.71. The Balaban J connectivity index is 2.07. The second-order valence-electron chi connectivity index (χ2n) is 5.98. The van der Waals surface area contributed by atoms with Crippen molar-refractivity contribution >= 4 is 40.7 Å². The average Bonchev–Trinajstić information content (AvgIpc) is 2.52. The van der Waals surface area contributed by atoms with Crippen LogP contribution in [0.1, 0.15) is 27.0 Å². The van der Waals surface area contributed by atoms with Gasteiger partial charge in [-0.05, 0) is 38.0 Å². The molecule has 25 heavy (non-hydrogen) atoms. The molecule has 1 aromatic heterocycles. The van der Waals surface area contributed by atoms with Crippen LogP contribution in [0, 0.1) is 20.8 Å². The molecule has 7 heteroatoms. The molecule has 0 fully saturated rings. The number of hydrogen-bond donors (Lipinski definition) is 1. The molecule has 0 unspecified atom stereocenters. The molecule has 0 atom stereocenters. The molecule has 0 saturated heterocycles. The summed E-state index contributed by atoms with van der Waals surface area (Å²) in [4.78, 5) is 29.8. The number of aromatic nitrogens is 1. The summed E-state index contributed by atoms with van der Waals surface area (Å²) in [7, 11) is 1.54. The van der Waals surface area contributed by atoms with Gasteiger partial charge in [-0.2, -0.15) is 0 Å². The van der Waals surface area contributed by atoms with E-state index >= 15 is 0 Å². The minimum atomic E-state index is -0.362. The predicted molar refractivity (Wildman–Crippen MR) is 101 cm³/mol. The monoisotopic (exact) mass is 379 g/mol. The lowest BCUT2D eigenvalue weighted by Gasteiger charge is -2.18. The summed E-state index contributed by atoms with van der Waals surface area (Å²) >= 11 is 11.6. The summed E-state index contributed by atoms with van der Waals surface area (Å²) in [6.07, 6.45) is 1.33. The number of rotatable bonds is 4. The van der Waals surface area contributed by atoms with Crippen LogP contribution in [-0.4, -0.2) is 35.3 Å². The van der Waals surface area contributed by atoms with E-state index in [-0.39, 0.29) is 34.1 Å². The normalized spacial score (nSPS) is 10.5. The van der Waals surface area contributed by atoms with E-state index < -0.39 is 0 Å². The zero-order valence-electron chi connectivity index (χ0n) is 14.5. The maximum absolute atomic E-state index is 12.4. The SMILES string of the molecule is Cc1cc(C)c(NC(=O)CN(C)C(=O)c2cnc(Cl)c(Cl)c2)c(C)c1. The third-order valence-corrected chi connectivity index (χ3v) is 4.40. The van der Waals surface area contributed by atoms with Crippen LogP contribution in [0.25, 0.3) is 0 Å². The van der Waals surface area contributed by atoms with Crippen LogP contribution >= 0.6 is 23.2 Å². The number of carbonyl (C=O) groups excluding carboxylic acids is 2. The van der Waals surface area contributed by atoms with Crippen LogP contribution in [0.2, 0.25) is 10.2 Å². The Morgan fingerprint density at radius 2 is 1.72 bits per heavy atom. The van der Waals surface area contributed by atoms with Crippen molar-refractivity contribution in [3.8, 4) is 0 Å². The summed E-state index contributed by atoms with van der Waals surface area (Å²) in [5.41, 5.74) is 4.13. The molecule has 0 spiro atoms. The van der Waals surface area contributed by atoms with E-state index in [9.17, 15) is 9.59 Å². The number of aryl methyl sites for hydroxylation is 3. The van der Waals surface area contributed by atoms with Gasteiger partial charge in [-0.25, -0.2) is 4.98 Å². The Labute approximate surface area is 157 Å². The molecule has 0 aliphatic rings. The fourth-order valence-electron chi connectivity index (χ4n) is 2.60. The number of benzene rings is 1. The van der Waals surface area contributed by atoms with Gasteiger partial charge in [0.1, 0.15) is 5.15 Å². The van der Waals surface area contributed by atoms with E-state index in [1.54, 1.807) is 7.05 Å². The third-order valence-electron chi connectivity index (χ3n) is 3.71. The molecular weight excluding hydrogens is 361 g/mol. The molecule has 2 amide bonds. The fraction of sp³-hybridized carbons (Fsp3) is 0.278. The van der Waals surface area contributed by atoms with E-state index in [0.717, 1.165) is 22.4 Å². The molecule has 2 rings (SSSR count). The Bertz CT molecular complexity index is 814. The lowest BCUT2D eigenvalue weighted by Crippen LogP contribution is -2.35. The molecule has 0 aliphatic heterocycles. The summed E-state index contributed by atoms with van der Waals surface area (Å²) in [6, 6.07) is 5.43. The van der Waals surface area contributed by atoms with E-state index in [4.69, 9.17) is 23.2 Å². The first-order valence-corrected chi connectivity index (χ1v) is 8.39. The molecule has 0 radical (unpaired) electrons. The lowest BCUT2D eigenvalue weighted by atomic mass is 10.1. The van der Waals surface area contributed by atoms with Crippen LogP contribution in [0.4, 0.5) is 5.69 Å². The molecule has 132 valence electrons. The second kappa shape index (κ2) is 7.85. The van der Waals surface area contributed by atoms with Crippen molar-refractivity contribution in [3.05, 3.63) is 56.8 Å². The summed E-state index contributed by atoms with van der Waals surface area (Å²) in [6.45, 7) is 5.78. The minimum Gasteiger partial charge on any atom is -0.332 e. The molecule has 2 aromatic rings. The van der Waals surface area contributed by atoms with Crippen molar-refractivity contribution in [1.82, 2.24) is 9.88 Å². The van der Waals surface area contributed by atoms with Gasteiger partial charge in [-0.3, -0.25) is 9.59 Å². The molecule has 5 nitrogen and oxygen atoms in total. The number of likely N-dealkylation sites (N-methyl/N-ethyl adjacent to an activating group) is 1. The second-order valence-corrected chi connectivity index (χ2v) is 6.74. The van der Waals surface area contributed by atoms with Crippen LogP contribution in [0.5, 0.6) is 0 Å². The van der Waals surface area contributed by atoms with Crippen LogP contribution in [-0.2, 0) is 4.79 Å². The number of pyridine rings is 1. The van der Waals surface area contributed by atoms with E-state index in [0.29, 0.717) is 0 Å². The number of carbonyl (C=O) groups is 2. The van der Waals surface area contributed by atoms with Crippen molar-refractivity contribution in [3.63, 3.8) is 0 Å². The number of anilines is 1. The zero-order chi connectivity index (χ0) is 18.7. The van der Waals surface area contributed by atoms with Crippen molar-refractivity contribution in [2.75, 3.05) is 18.9 Å². The maximum atomic E-state index is 12.4. The Morgan fingerprint density at radius 3 is 2.28 bits per heavy atom. The lowest BCUT2D eigenvalue weighted by molar-refractivity contribution is -0.116. The van der Waals surface area contributed by atoms with Gasteiger partial charge in [-0.15, -0.1) is 0 Å². The van der Waals surface area contributed by atoms with Gasteiger partial charge >= 0.3 is 0 Å². The van der Waals surface area contributed by atoms with Crippen molar-refractivity contribution in [1.29, 1.82) is 0 Å². The highest BCUT2D eigenvalue weighted by atomic mass is 35.5. The first kappa shape index (κ1) is 19.2. The largest absolute Gasteiger partial charge is 0.332 e. The molecule has 1 N–H and O–H groups in total. The van der Waals surface area contributed by atoms with Crippen LogP contribution in [0.3, 0.4) is 0 Å². The standard InChI is InChI=1S/C18H19Cl2N3O2/c1-10-5-11(2)16(12(3)6-10)22-15(24)9-23(4)18(25)13-7-14(19)17(20)21-8-13/h5-8H,9H2,1-4H3,(H,22,24). The highest BCUT2D eigenvalue weighted by Gasteiger charge is 2.17. The topological polar surface area (TPSA) is 62.3 Å². The number of hydrogen-bond acceptors (Lipinski definition) is 3. The van der Waals surface area contributed by atoms with Gasteiger partial charge < -0.3 is 10.2 Å². The number of amides is 2. The number of nitrogens with one attached hydrogen (secondary N) is 1. The van der Waals surface area contributed by atoms with E-state index in [1.165, 1.54) is 17.2 Å². The molecule has 0 aliphatic carbocycles. The molecule has 1 heterocycles. The first-order valence-electron chi connectivity index (χ1n) is 7.63. The Morgan fingerprint density at radius 1 is 1.12 bits per heavy atom. The van der Waals surface area contributed by atoms with Gasteiger partial charge in [0, 0.05) is 18.9 Å². The quantitative estimate of drug-likeness (QED) is 0.815. The summed E-state index contributed by atoms with van der Waals surface area (Å²) < 4.78 is 0. The average molecular weight is 380 g/mol. The number of halogens is 2. The Hall–Kier alpha value is -2.11. The van der Waals surface area contributed by atoms with Gasteiger partial charge in [0.15, 0.2) is 0 Å². The fourth-order valence-corrected chi connectivity index (χ4v) is 2.87. The first-order chi connectivity index (χ1) is 11.7. The van der Waals surface area contributed by atoms with Crippen molar-refractivity contribution < 1.29 is 9.59 Å². The van der Waals surface area contributed by atoms with Gasteiger partial charge in [0.2, 0.25) is 5.91 Å². The predicted octanol–water partition coefficient (Wildman–Crippen LogP) is 4.02.